The first-order valence-corrected chi connectivity index (χ1v) is 12.0. The van der Waals surface area contributed by atoms with Gasteiger partial charge in [0.1, 0.15) is 11.5 Å². The highest BCUT2D eigenvalue weighted by Gasteiger charge is 2.45. The maximum absolute atomic E-state index is 13.4. The molecule has 4 rings (SSSR count). The van der Waals surface area contributed by atoms with Crippen molar-refractivity contribution < 1.29 is 27.4 Å². The van der Waals surface area contributed by atoms with Crippen LogP contribution in [-0.4, -0.2) is 77.1 Å². The highest BCUT2D eigenvalue weighted by atomic mass is 32.2. The van der Waals surface area contributed by atoms with Crippen LogP contribution in [0.4, 0.5) is 0 Å². The lowest BCUT2D eigenvalue weighted by Gasteiger charge is -2.31. The Morgan fingerprint density at radius 2 is 1.66 bits per heavy atom. The molecule has 0 aromatic heterocycles. The summed E-state index contributed by atoms with van der Waals surface area (Å²) in [6.45, 7) is 2.39. The molecule has 9 heteroatoms. The molecule has 8 nitrogen and oxygen atoms in total. The summed E-state index contributed by atoms with van der Waals surface area (Å²) in [5.74, 6) is 0.479. The van der Waals surface area contributed by atoms with Gasteiger partial charge in [0.05, 0.1) is 38.2 Å². The van der Waals surface area contributed by atoms with Crippen LogP contribution >= 0.6 is 0 Å². The normalized spacial score (nSPS) is 22.0. The SMILES string of the molecule is COc1ccc(S(=O)(=O)N2C[C@H](c3cccc(OC)c3)[C@H](C(=O)N3CCOCC3)C2)cc1. The van der Waals surface area contributed by atoms with Crippen LogP contribution in [0, 0.1) is 5.92 Å². The number of carbonyl (C=O) groups excluding carboxylic acids is 1. The van der Waals surface area contributed by atoms with E-state index in [1.807, 2.05) is 24.3 Å². The molecule has 0 saturated carbocycles. The number of hydrogen-bond donors (Lipinski definition) is 0. The highest BCUT2D eigenvalue weighted by Crippen LogP contribution is 2.38. The predicted octanol–water partition coefficient (Wildman–Crippen LogP) is 1.97. The molecule has 172 valence electrons. The molecule has 0 N–H and O–H groups in total. The molecular formula is C23H28N2O6S. The number of methoxy groups -OCH3 is 2. The van der Waals surface area contributed by atoms with Gasteiger partial charge >= 0.3 is 0 Å². The molecule has 2 atom stereocenters. The number of carbonyl (C=O) groups is 1. The minimum atomic E-state index is -3.77. The molecular weight excluding hydrogens is 432 g/mol. The van der Waals surface area contributed by atoms with E-state index in [4.69, 9.17) is 14.2 Å². The molecule has 0 bridgehead atoms. The maximum Gasteiger partial charge on any atom is 0.243 e. The van der Waals surface area contributed by atoms with Gasteiger partial charge in [-0.2, -0.15) is 4.31 Å². The van der Waals surface area contributed by atoms with Crippen LogP contribution in [0.25, 0.3) is 0 Å². The molecule has 1 amide bonds. The molecule has 32 heavy (non-hydrogen) atoms. The van der Waals surface area contributed by atoms with E-state index >= 15 is 0 Å². The third kappa shape index (κ3) is 4.46. The average molecular weight is 461 g/mol. The largest absolute Gasteiger partial charge is 0.497 e. The van der Waals surface area contributed by atoms with Crippen LogP contribution in [0.1, 0.15) is 11.5 Å². The monoisotopic (exact) mass is 460 g/mol. The lowest BCUT2D eigenvalue weighted by atomic mass is 9.87. The number of amides is 1. The molecule has 0 unspecified atom stereocenters. The lowest BCUT2D eigenvalue weighted by Crippen LogP contribution is -2.45. The van der Waals surface area contributed by atoms with Crippen molar-refractivity contribution in [1.29, 1.82) is 0 Å². The van der Waals surface area contributed by atoms with Crippen LogP contribution in [0.15, 0.2) is 53.4 Å². The number of rotatable bonds is 6. The summed E-state index contributed by atoms with van der Waals surface area (Å²) in [5, 5.41) is 0. The Morgan fingerprint density at radius 1 is 0.969 bits per heavy atom. The topological polar surface area (TPSA) is 85.4 Å². The molecule has 2 aliphatic heterocycles. The zero-order valence-corrected chi connectivity index (χ0v) is 19.1. The number of hydrogen-bond acceptors (Lipinski definition) is 6. The number of sulfonamides is 1. The zero-order chi connectivity index (χ0) is 22.7. The Hall–Kier alpha value is -2.62. The molecule has 2 fully saturated rings. The summed E-state index contributed by atoms with van der Waals surface area (Å²) in [6.07, 6.45) is 0. The number of morpholine rings is 1. The van der Waals surface area contributed by atoms with Crippen molar-refractivity contribution in [2.45, 2.75) is 10.8 Å². The van der Waals surface area contributed by atoms with Crippen molar-refractivity contribution >= 4 is 15.9 Å². The summed E-state index contributed by atoms with van der Waals surface area (Å²) in [7, 11) is -0.646. The molecule has 2 heterocycles. The van der Waals surface area contributed by atoms with Gasteiger partial charge in [-0.3, -0.25) is 4.79 Å². The second-order valence-electron chi connectivity index (χ2n) is 7.92. The van der Waals surface area contributed by atoms with Crippen LogP contribution in [0.3, 0.4) is 0 Å². The molecule has 2 aliphatic rings. The maximum atomic E-state index is 13.4. The van der Waals surface area contributed by atoms with Crippen LogP contribution in [-0.2, 0) is 19.6 Å². The molecule has 2 saturated heterocycles. The van der Waals surface area contributed by atoms with Crippen LogP contribution in [0.2, 0.25) is 0 Å². The summed E-state index contributed by atoms with van der Waals surface area (Å²) in [4.78, 5) is 15.4. The van der Waals surface area contributed by atoms with Gasteiger partial charge in [-0.15, -0.1) is 0 Å². The first-order valence-electron chi connectivity index (χ1n) is 10.6. The van der Waals surface area contributed by atoms with E-state index in [0.29, 0.717) is 37.8 Å². The van der Waals surface area contributed by atoms with E-state index < -0.39 is 15.9 Å². The van der Waals surface area contributed by atoms with E-state index in [1.165, 1.54) is 23.5 Å². The minimum Gasteiger partial charge on any atom is -0.497 e. The van der Waals surface area contributed by atoms with E-state index in [-0.39, 0.29) is 29.8 Å². The van der Waals surface area contributed by atoms with E-state index in [2.05, 4.69) is 0 Å². The van der Waals surface area contributed by atoms with E-state index in [9.17, 15) is 13.2 Å². The highest BCUT2D eigenvalue weighted by molar-refractivity contribution is 7.89. The number of ether oxygens (including phenoxy) is 3. The Balaban J connectivity index is 1.65. The number of benzene rings is 2. The first kappa shape index (κ1) is 22.6. The van der Waals surface area contributed by atoms with Crippen molar-refractivity contribution in [2.75, 3.05) is 53.6 Å². The van der Waals surface area contributed by atoms with E-state index in [1.54, 1.807) is 24.1 Å². The molecule has 0 spiro atoms. The van der Waals surface area contributed by atoms with Gasteiger partial charge < -0.3 is 19.1 Å². The first-order chi connectivity index (χ1) is 15.4. The van der Waals surface area contributed by atoms with Crippen LogP contribution < -0.4 is 9.47 Å². The molecule has 2 aromatic carbocycles. The Bertz CT molecular complexity index is 1050. The fourth-order valence-corrected chi connectivity index (χ4v) is 5.83. The van der Waals surface area contributed by atoms with Crippen molar-refractivity contribution in [2.24, 2.45) is 5.92 Å². The summed E-state index contributed by atoms with van der Waals surface area (Å²) < 4.78 is 44.1. The second-order valence-corrected chi connectivity index (χ2v) is 9.86. The predicted molar refractivity (Wildman–Crippen MR) is 118 cm³/mol. The molecule has 2 aromatic rings. The summed E-state index contributed by atoms with van der Waals surface area (Å²) in [6, 6.07) is 13.8. The van der Waals surface area contributed by atoms with Gasteiger partial charge in [0, 0.05) is 32.1 Å². The van der Waals surface area contributed by atoms with Gasteiger partial charge in [-0.25, -0.2) is 8.42 Å². The van der Waals surface area contributed by atoms with Gasteiger partial charge in [0.25, 0.3) is 0 Å². The second kappa shape index (κ2) is 9.48. The fourth-order valence-electron chi connectivity index (χ4n) is 4.34. The van der Waals surface area contributed by atoms with Crippen molar-refractivity contribution in [3.8, 4) is 11.5 Å². The Labute approximate surface area is 188 Å². The minimum absolute atomic E-state index is 0.0337. The van der Waals surface area contributed by atoms with Crippen molar-refractivity contribution in [3.05, 3.63) is 54.1 Å². The third-order valence-corrected chi connectivity index (χ3v) is 7.99. The summed E-state index contributed by atoms with van der Waals surface area (Å²) >= 11 is 0. The van der Waals surface area contributed by atoms with Gasteiger partial charge in [0.15, 0.2) is 0 Å². The van der Waals surface area contributed by atoms with Gasteiger partial charge in [-0.1, -0.05) is 12.1 Å². The Morgan fingerprint density at radius 3 is 2.31 bits per heavy atom. The van der Waals surface area contributed by atoms with E-state index in [0.717, 1.165) is 5.56 Å². The third-order valence-electron chi connectivity index (χ3n) is 6.15. The standard InChI is InChI=1S/C23H28N2O6S/c1-29-18-6-8-20(9-7-18)32(27,28)25-15-21(17-4-3-5-19(14-17)30-2)22(16-25)23(26)24-10-12-31-13-11-24/h3-9,14,21-22H,10-13,15-16H2,1-2H3/t21-,22-/m1/s1. The summed E-state index contributed by atoms with van der Waals surface area (Å²) in [5.41, 5.74) is 0.892. The molecule has 0 radical (unpaired) electrons. The van der Waals surface area contributed by atoms with Crippen molar-refractivity contribution in [3.63, 3.8) is 0 Å². The Kier molecular flexibility index (Phi) is 6.68. The zero-order valence-electron chi connectivity index (χ0n) is 18.3. The quantitative estimate of drug-likeness (QED) is 0.655. The number of nitrogens with zero attached hydrogens (tertiary/aromatic N) is 2. The molecule has 0 aliphatic carbocycles. The van der Waals surface area contributed by atoms with Crippen LogP contribution in [0.5, 0.6) is 11.5 Å². The lowest BCUT2D eigenvalue weighted by molar-refractivity contribution is -0.139. The smallest absolute Gasteiger partial charge is 0.243 e. The van der Waals surface area contributed by atoms with Crippen molar-refractivity contribution in [1.82, 2.24) is 9.21 Å². The van der Waals surface area contributed by atoms with Gasteiger partial charge in [-0.05, 0) is 42.0 Å². The average Bonchev–Trinajstić information content (AvgIpc) is 3.30. The fraction of sp³-hybridized carbons (Fsp3) is 0.435. The van der Waals surface area contributed by atoms with Gasteiger partial charge in [0.2, 0.25) is 15.9 Å².